The zero-order chi connectivity index (χ0) is 13.9. The van der Waals surface area contributed by atoms with Gasteiger partial charge in [0, 0.05) is 5.69 Å². The molecule has 4 heteroatoms. The lowest BCUT2D eigenvalue weighted by Crippen LogP contribution is -2.27. The first kappa shape index (κ1) is 13.9. The standard InChI is InChI=1S/C15H21NO3/c1-15(2,3)19-14(17)16-13-7-5-4-6-11(13)8-9-12-10-18-12/h4-7,12H,8-10H2,1-3H3,(H,16,17). The third-order valence-corrected chi connectivity index (χ3v) is 2.79. The lowest BCUT2D eigenvalue weighted by Gasteiger charge is -2.20. The van der Waals surface area contributed by atoms with Gasteiger partial charge in [-0.1, -0.05) is 18.2 Å². The fraction of sp³-hybridized carbons (Fsp3) is 0.533. The summed E-state index contributed by atoms with van der Waals surface area (Å²) in [5.41, 5.74) is 1.45. The Morgan fingerprint density at radius 2 is 2.11 bits per heavy atom. The number of ether oxygens (including phenoxy) is 2. The van der Waals surface area contributed by atoms with Gasteiger partial charge >= 0.3 is 6.09 Å². The molecule has 1 saturated heterocycles. The predicted molar refractivity (Wildman–Crippen MR) is 74.4 cm³/mol. The summed E-state index contributed by atoms with van der Waals surface area (Å²) >= 11 is 0. The van der Waals surface area contributed by atoms with Crippen LogP contribution in [0.2, 0.25) is 0 Å². The highest BCUT2D eigenvalue weighted by Crippen LogP contribution is 2.22. The fourth-order valence-electron chi connectivity index (χ4n) is 1.83. The molecule has 19 heavy (non-hydrogen) atoms. The number of epoxide rings is 1. The minimum atomic E-state index is -0.485. The van der Waals surface area contributed by atoms with E-state index in [0.717, 1.165) is 30.7 Å². The summed E-state index contributed by atoms with van der Waals surface area (Å²) in [6.45, 7) is 6.41. The highest BCUT2D eigenvalue weighted by Gasteiger charge is 2.22. The quantitative estimate of drug-likeness (QED) is 0.847. The van der Waals surface area contributed by atoms with Crippen molar-refractivity contribution in [3.8, 4) is 0 Å². The van der Waals surface area contributed by atoms with Crippen molar-refractivity contribution in [3.63, 3.8) is 0 Å². The number of hydrogen-bond donors (Lipinski definition) is 1. The SMILES string of the molecule is CC(C)(C)OC(=O)Nc1ccccc1CCC1CO1. The molecular formula is C15H21NO3. The molecule has 1 fully saturated rings. The maximum Gasteiger partial charge on any atom is 0.412 e. The van der Waals surface area contributed by atoms with E-state index in [1.54, 1.807) is 0 Å². The molecule has 1 heterocycles. The minimum absolute atomic E-state index is 0.398. The van der Waals surface area contributed by atoms with E-state index < -0.39 is 11.7 Å². The van der Waals surface area contributed by atoms with E-state index in [2.05, 4.69) is 5.32 Å². The number of anilines is 1. The van der Waals surface area contributed by atoms with E-state index in [-0.39, 0.29) is 0 Å². The third-order valence-electron chi connectivity index (χ3n) is 2.79. The first-order valence-electron chi connectivity index (χ1n) is 6.63. The largest absolute Gasteiger partial charge is 0.444 e. The summed E-state index contributed by atoms with van der Waals surface area (Å²) in [5.74, 6) is 0. The molecule has 1 atom stereocenters. The summed E-state index contributed by atoms with van der Waals surface area (Å²) < 4.78 is 10.5. The van der Waals surface area contributed by atoms with Gasteiger partial charge in [-0.15, -0.1) is 0 Å². The third kappa shape index (κ3) is 4.91. The molecule has 1 unspecified atom stereocenters. The molecule has 1 aliphatic heterocycles. The van der Waals surface area contributed by atoms with Crippen molar-refractivity contribution < 1.29 is 14.3 Å². The minimum Gasteiger partial charge on any atom is -0.444 e. The molecule has 0 aromatic heterocycles. The molecule has 2 rings (SSSR count). The molecule has 1 aromatic rings. The lowest BCUT2D eigenvalue weighted by atomic mass is 10.1. The van der Waals surface area contributed by atoms with Crippen LogP contribution in [0.15, 0.2) is 24.3 Å². The second-order valence-corrected chi connectivity index (χ2v) is 5.78. The Balaban J connectivity index is 1.96. The van der Waals surface area contributed by atoms with Crippen LogP contribution in [-0.4, -0.2) is 24.4 Å². The Kier molecular flexibility index (Phi) is 4.10. The van der Waals surface area contributed by atoms with Crippen LogP contribution >= 0.6 is 0 Å². The van der Waals surface area contributed by atoms with E-state index in [1.807, 2.05) is 45.0 Å². The second kappa shape index (κ2) is 5.61. The Labute approximate surface area is 114 Å². The summed E-state index contributed by atoms with van der Waals surface area (Å²) in [6, 6.07) is 7.80. The van der Waals surface area contributed by atoms with Gasteiger partial charge in [0.15, 0.2) is 0 Å². The first-order valence-corrected chi connectivity index (χ1v) is 6.63. The van der Waals surface area contributed by atoms with Crippen LogP contribution in [0.1, 0.15) is 32.8 Å². The molecule has 0 aliphatic carbocycles. The normalized spacial score (nSPS) is 17.9. The van der Waals surface area contributed by atoms with Crippen molar-refractivity contribution in [2.75, 3.05) is 11.9 Å². The maximum absolute atomic E-state index is 11.8. The Bertz CT molecular complexity index is 447. The number of nitrogens with one attached hydrogen (secondary N) is 1. The summed E-state index contributed by atoms with van der Waals surface area (Å²) in [7, 11) is 0. The van der Waals surface area contributed by atoms with E-state index in [1.165, 1.54) is 0 Å². The lowest BCUT2D eigenvalue weighted by molar-refractivity contribution is 0.0636. The number of para-hydroxylation sites is 1. The molecule has 1 aliphatic rings. The average Bonchev–Trinajstić information content (AvgIpc) is 3.09. The van der Waals surface area contributed by atoms with E-state index >= 15 is 0 Å². The van der Waals surface area contributed by atoms with Crippen molar-refractivity contribution in [2.45, 2.75) is 45.3 Å². The van der Waals surface area contributed by atoms with Crippen LogP contribution in [0.4, 0.5) is 10.5 Å². The zero-order valence-electron chi connectivity index (χ0n) is 11.7. The topological polar surface area (TPSA) is 50.9 Å². The fourth-order valence-corrected chi connectivity index (χ4v) is 1.83. The second-order valence-electron chi connectivity index (χ2n) is 5.78. The summed E-state index contributed by atoms with van der Waals surface area (Å²) in [4.78, 5) is 11.8. The van der Waals surface area contributed by atoms with Gasteiger partial charge in [0.05, 0.1) is 12.7 Å². The zero-order valence-corrected chi connectivity index (χ0v) is 11.7. The van der Waals surface area contributed by atoms with Crippen LogP contribution in [-0.2, 0) is 15.9 Å². The van der Waals surface area contributed by atoms with Gasteiger partial charge in [-0.3, -0.25) is 5.32 Å². The number of aryl methyl sites for hydroxylation is 1. The molecule has 1 aromatic carbocycles. The van der Waals surface area contributed by atoms with Crippen LogP contribution < -0.4 is 5.32 Å². The molecule has 1 N–H and O–H groups in total. The highest BCUT2D eigenvalue weighted by molar-refractivity contribution is 5.85. The molecule has 104 valence electrons. The van der Waals surface area contributed by atoms with Crippen LogP contribution in [0.3, 0.4) is 0 Å². The predicted octanol–water partition coefficient (Wildman–Crippen LogP) is 3.37. The van der Waals surface area contributed by atoms with E-state index in [9.17, 15) is 4.79 Å². The van der Waals surface area contributed by atoms with Gasteiger partial charge < -0.3 is 9.47 Å². The number of amides is 1. The summed E-state index contributed by atoms with van der Waals surface area (Å²) in [5, 5.41) is 2.81. The van der Waals surface area contributed by atoms with Crippen molar-refractivity contribution in [2.24, 2.45) is 0 Å². The number of carbonyl (C=O) groups excluding carboxylic acids is 1. The molecule has 0 saturated carbocycles. The van der Waals surface area contributed by atoms with Crippen LogP contribution in [0.25, 0.3) is 0 Å². The molecule has 0 bridgehead atoms. The Hall–Kier alpha value is -1.55. The van der Waals surface area contributed by atoms with Gasteiger partial charge in [-0.25, -0.2) is 4.79 Å². The van der Waals surface area contributed by atoms with Crippen molar-refractivity contribution in [3.05, 3.63) is 29.8 Å². The molecule has 0 spiro atoms. The van der Waals surface area contributed by atoms with Crippen LogP contribution in [0, 0.1) is 0 Å². The molecule has 4 nitrogen and oxygen atoms in total. The van der Waals surface area contributed by atoms with Crippen molar-refractivity contribution in [1.82, 2.24) is 0 Å². The highest BCUT2D eigenvalue weighted by atomic mass is 16.6. The molecule has 0 radical (unpaired) electrons. The number of carbonyl (C=O) groups is 1. The molecule has 1 amide bonds. The smallest absolute Gasteiger partial charge is 0.412 e. The van der Waals surface area contributed by atoms with Gasteiger partial charge in [0.1, 0.15) is 5.60 Å². The van der Waals surface area contributed by atoms with E-state index in [4.69, 9.17) is 9.47 Å². The Morgan fingerprint density at radius 3 is 2.74 bits per heavy atom. The number of benzene rings is 1. The number of rotatable bonds is 4. The number of hydrogen-bond acceptors (Lipinski definition) is 3. The van der Waals surface area contributed by atoms with E-state index in [0.29, 0.717) is 6.10 Å². The summed E-state index contributed by atoms with van der Waals surface area (Å²) in [6.07, 6.45) is 1.88. The first-order chi connectivity index (χ1) is 8.94. The van der Waals surface area contributed by atoms with Gasteiger partial charge in [-0.2, -0.15) is 0 Å². The van der Waals surface area contributed by atoms with Gasteiger partial charge in [0.25, 0.3) is 0 Å². The van der Waals surface area contributed by atoms with Crippen LogP contribution in [0.5, 0.6) is 0 Å². The monoisotopic (exact) mass is 263 g/mol. The maximum atomic E-state index is 11.8. The van der Waals surface area contributed by atoms with Crippen molar-refractivity contribution in [1.29, 1.82) is 0 Å². The van der Waals surface area contributed by atoms with Gasteiger partial charge in [0.2, 0.25) is 0 Å². The average molecular weight is 263 g/mol. The Morgan fingerprint density at radius 1 is 1.42 bits per heavy atom. The molecular weight excluding hydrogens is 242 g/mol. The van der Waals surface area contributed by atoms with Crippen molar-refractivity contribution >= 4 is 11.8 Å². The van der Waals surface area contributed by atoms with Gasteiger partial charge in [-0.05, 0) is 45.2 Å².